The average molecular weight is 361 g/mol. The molecule has 4 heterocycles. The summed E-state index contributed by atoms with van der Waals surface area (Å²) < 4.78 is 6.23. The first-order valence-electron chi connectivity index (χ1n) is 9.70. The highest BCUT2D eigenvalue weighted by atomic mass is 35.5. The topological polar surface area (TPSA) is 41.6 Å². The Labute approximate surface area is 153 Å². The molecule has 1 aliphatic carbocycles. The van der Waals surface area contributed by atoms with Crippen LogP contribution in [0.25, 0.3) is 0 Å². The van der Waals surface area contributed by atoms with E-state index in [1.165, 1.54) is 38.8 Å². The second kappa shape index (κ2) is 6.17. The number of piperidine rings is 3. The number of nitrogens with zero attached hydrogens (tertiary/aromatic N) is 1. The molecule has 1 amide bonds. The number of carbonyl (C=O) groups is 1. The van der Waals surface area contributed by atoms with Crippen LogP contribution in [-0.4, -0.2) is 42.6 Å². The average Bonchev–Trinajstić information content (AvgIpc) is 2.63. The first-order valence-corrected chi connectivity index (χ1v) is 10.1. The van der Waals surface area contributed by atoms with Crippen LogP contribution in [0.5, 0.6) is 5.75 Å². The van der Waals surface area contributed by atoms with E-state index in [0.717, 1.165) is 30.7 Å². The molecule has 6 rings (SSSR count). The van der Waals surface area contributed by atoms with Gasteiger partial charge in [0.15, 0.2) is 0 Å². The van der Waals surface area contributed by atoms with Crippen molar-refractivity contribution < 1.29 is 9.53 Å². The number of hydrogen-bond acceptors (Lipinski definition) is 3. The summed E-state index contributed by atoms with van der Waals surface area (Å²) >= 11 is 6.36. The number of nitrogens with one attached hydrogen (secondary N) is 1. The van der Waals surface area contributed by atoms with Gasteiger partial charge in [0.2, 0.25) is 0 Å². The Hall–Kier alpha value is -1.26. The lowest BCUT2D eigenvalue weighted by Crippen LogP contribution is -2.57. The Morgan fingerprint density at radius 1 is 1.20 bits per heavy atom. The van der Waals surface area contributed by atoms with Crippen molar-refractivity contribution in [3.63, 3.8) is 0 Å². The van der Waals surface area contributed by atoms with Gasteiger partial charge in [-0.05, 0) is 81.1 Å². The third-order valence-corrected chi connectivity index (χ3v) is 6.87. The smallest absolute Gasteiger partial charge is 0.255 e. The number of fused-ring (bicyclic) bond motifs is 7. The van der Waals surface area contributed by atoms with Crippen LogP contribution in [0.15, 0.2) is 12.1 Å². The molecule has 0 radical (unpaired) electrons. The molecule has 5 heteroatoms. The molecule has 1 aromatic carbocycles. The van der Waals surface area contributed by atoms with Crippen LogP contribution in [0.2, 0.25) is 5.02 Å². The number of rotatable bonds is 2. The maximum Gasteiger partial charge on any atom is 0.255 e. The molecule has 0 unspecified atom stereocenters. The summed E-state index contributed by atoms with van der Waals surface area (Å²) in [6.07, 6.45) is 7.18. The van der Waals surface area contributed by atoms with Crippen LogP contribution in [0.4, 0.5) is 0 Å². The summed E-state index contributed by atoms with van der Waals surface area (Å²) in [6, 6.07) is 4.06. The van der Waals surface area contributed by atoms with Gasteiger partial charge < -0.3 is 15.0 Å². The molecular formula is C20H25ClN2O2. The van der Waals surface area contributed by atoms with E-state index in [9.17, 15) is 4.79 Å². The van der Waals surface area contributed by atoms with E-state index in [4.69, 9.17) is 16.3 Å². The Balaban J connectivity index is 1.43. The fourth-order valence-corrected chi connectivity index (χ4v) is 5.52. The highest BCUT2D eigenvalue weighted by Crippen LogP contribution is 2.46. The number of amides is 1. The van der Waals surface area contributed by atoms with E-state index in [1.54, 1.807) is 6.07 Å². The van der Waals surface area contributed by atoms with Crippen LogP contribution in [0.1, 0.15) is 60.4 Å². The summed E-state index contributed by atoms with van der Waals surface area (Å²) in [5.41, 5.74) is 1.78. The van der Waals surface area contributed by atoms with E-state index < -0.39 is 0 Å². The van der Waals surface area contributed by atoms with Crippen molar-refractivity contribution in [3.05, 3.63) is 28.3 Å². The van der Waals surface area contributed by atoms with Crippen LogP contribution < -0.4 is 10.1 Å². The second-order valence-electron chi connectivity index (χ2n) is 8.19. The molecule has 1 saturated carbocycles. The summed E-state index contributed by atoms with van der Waals surface area (Å²) in [4.78, 5) is 15.5. The van der Waals surface area contributed by atoms with Gasteiger partial charge in [-0.25, -0.2) is 0 Å². The largest absolute Gasteiger partial charge is 0.489 e. The molecule has 0 aromatic heterocycles. The minimum atomic E-state index is -0.0162. The van der Waals surface area contributed by atoms with Gasteiger partial charge in [0.25, 0.3) is 5.91 Å². The van der Waals surface area contributed by atoms with E-state index in [1.807, 2.05) is 6.07 Å². The van der Waals surface area contributed by atoms with Gasteiger partial charge in [-0.3, -0.25) is 4.79 Å². The molecule has 25 heavy (non-hydrogen) atoms. The molecule has 1 aromatic rings. The summed E-state index contributed by atoms with van der Waals surface area (Å²) in [6.45, 7) is 3.33. The molecule has 4 aliphatic heterocycles. The minimum Gasteiger partial charge on any atom is -0.489 e. The minimum absolute atomic E-state index is 0.0162. The summed E-state index contributed by atoms with van der Waals surface area (Å²) in [5, 5.41) is 3.93. The Kier molecular flexibility index (Phi) is 3.94. The van der Waals surface area contributed by atoms with Gasteiger partial charge in [0.1, 0.15) is 5.75 Å². The van der Waals surface area contributed by atoms with Crippen molar-refractivity contribution in [2.24, 2.45) is 5.92 Å². The zero-order valence-corrected chi connectivity index (χ0v) is 15.2. The Bertz CT molecular complexity index is 699. The first-order chi connectivity index (χ1) is 12.2. The molecule has 4 fully saturated rings. The fourth-order valence-electron chi connectivity index (χ4n) is 5.29. The SMILES string of the molecule is O=C(N[C@@H]1CN2CCC1CC2)c1cc(Cl)cc2c1O[C@H]1CCC[C@@H]2C1. The van der Waals surface area contributed by atoms with Crippen molar-refractivity contribution >= 4 is 17.5 Å². The molecular weight excluding hydrogens is 336 g/mol. The molecule has 4 nitrogen and oxygen atoms in total. The van der Waals surface area contributed by atoms with E-state index in [-0.39, 0.29) is 18.1 Å². The number of hydrogen-bond donors (Lipinski definition) is 1. The highest BCUT2D eigenvalue weighted by molar-refractivity contribution is 6.31. The quantitative estimate of drug-likeness (QED) is 0.876. The first kappa shape index (κ1) is 16.0. The molecule has 3 saturated heterocycles. The lowest BCUT2D eigenvalue weighted by Gasteiger charge is -2.45. The number of halogens is 1. The van der Waals surface area contributed by atoms with Crippen LogP contribution in [0.3, 0.4) is 0 Å². The molecule has 134 valence electrons. The van der Waals surface area contributed by atoms with Crippen molar-refractivity contribution in [2.45, 2.75) is 56.6 Å². The second-order valence-corrected chi connectivity index (χ2v) is 8.63. The summed E-state index contributed by atoms with van der Waals surface area (Å²) in [7, 11) is 0. The van der Waals surface area contributed by atoms with Gasteiger partial charge in [0, 0.05) is 17.6 Å². The molecule has 0 spiro atoms. The molecule has 4 bridgehead atoms. The zero-order chi connectivity index (χ0) is 17.0. The van der Waals surface area contributed by atoms with E-state index in [2.05, 4.69) is 10.2 Å². The van der Waals surface area contributed by atoms with E-state index in [0.29, 0.717) is 22.4 Å². The Morgan fingerprint density at radius 2 is 2.04 bits per heavy atom. The van der Waals surface area contributed by atoms with Crippen molar-refractivity contribution in [2.75, 3.05) is 19.6 Å². The van der Waals surface area contributed by atoms with E-state index >= 15 is 0 Å². The third kappa shape index (κ3) is 2.83. The fraction of sp³-hybridized carbons (Fsp3) is 0.650. The maximum absolute atomic E-state index is 13.1. The van der Waals surface area contributed by atoms with Gasteiger partial charge in [0.05, 0.1) is 11.7 Å². The van der Waals surface area contributed by atoms with Gasteiger partial charge >= 0.3 is 0 Å². The molecule has 3 atom stereocenters. The number of ether oxygens (including phenoxy) is 1. The maximum atomic E-state index is 13.1. The lowest BCUT2D eigenvalue weighted by molar-refractivity contribution is 0.0612. The summed E-state index contributed by atoms with van der Waals surface area (Å²) in [5.74, 6) is 1.88. The molecule has 1 N–H and O–H groups in total. The standard InChI is InChI=1S/C20H25ClN2O2/c21-14-9-16-13-2-1-3-15(8-13)25-19(16)17(10-14)20(24)22-18-11-23-6-4-12(18)5-7-23/h9-10,12-13,15,18H,1-8,11H2,(H,22,24)/t13-,15+,18-/m1/s1. The van der Waals surface area contributed by atoms with Crippen LogP contribution in [-0.2, 0) is 0 Å². The Morgan fingerprint density at radius 3 is 2.80 bits per heavy atom. The van der Waals surface area contributed by atoms with Crippen molar-refractivity contribution in [1.29, 1.82) is 0 Å². The van der Waals surface area contributed by atoms with Crippen molar-refractivity contribution in [3.8, 4) is 5.75 Å². The van der Waals surface area contributed by atoms with Crippen molar-refractivity contribution in [1.82, 2.24) is 10.2 Å². The third-order valence-electron chi connectivity index (χ3n) is 6.65. The van der Waals surface area contributed by atoms with Gasteiger partial charge in [-0.15, -0.1) is 0 Å². The number of carbonyl (C=O) groups excluding carboxylic acids is 1. The predicted octanol–water partition coefficient (Wildman–Crippen LogP) is 3.58. The molecule has 5 aliphatic rings. The van der Waals surface area contributed by atoms with Crippen LogP contribution >= 0.6 is 11.6 Å². The zero-order valence-electron chi connectivity index (χ0n) is 14.5. The van der Waals surface area contributed by atoms with Gasteiger partial charge in [-0.2, -0.15) is 0 Å². The predicted molar refractivity (Wildman–Crippen MR) is 97.5 cm³/mol. The monoisotopic (exact) mass is 360 g/mol. The highest BCUT2D eigenvalue weighted by Gasteiger charge is 2.37. The van der Waals surface area contributed by atoms with Gasteiger partial charge in [-0.1, -0.05) is 11.6 Å². The lowest BCUT2D eigenvalue weighted by atomic mass is 9.79. The number of benzene rings is 1. The normalized spacial score (nSPS) is 35.6. The van der Waals surface area contributed by atoms with Crippen LogP contribution in [0, 0.1) is 5.92 Å².